The van der Waals surface area contributed by atoms with Crippen molar-refractivity contribution in [3.63, 3.8) is 0 Å². The molecule has 0 fully saturated rings. The summed E-state index contributed by atoms with van der Waals surface area (Å²) in [5, 5.41) is 3.02. The molecule has 1 N–H and O–H groups in total. The first-order valence-corrected chi connectivity index (χ1v) is 9.44. The van der Waals surface area contributed by atoms with Crippen LogP contribution in [-0.4, -0.2) is 36.9 Å². The van der Waals surface area contributed by atoms with Crippen molar-refractivity contribution in [1.82, 2.24) is 5.32 Å². The molecule has 0 aromatic heterocycles. The molecular formula is C21H31NO5. The molecule has 0 bridgehead atoms. The average molecular weight is 377 g/mol. The minimum atomic E-state index is -0.533. The summed E-state index contributed by atoms with van der Waals surface area (Å²) in [6, 6.07) is 5.80. The van der Waals surface area contributed by atoms with Crippen LogP contribution in [0.25, 0.3) is 0 Å². The van der Waals surface area contributed by atoms with Gasteiger partial charge in [-0.1, -0.05) is 19.9 Å². The summed E-state index contributed by atoms with van der Waals surface area (Å²) in [7, 11) is 0. The van der Waals surface area contributed by atoms with Crippen LogP contribution in [0.15, 0.2) is 18.2 Å². The van der Waals surface area contributed by atoms with Gasteiger partial charge in [-0.2, -0.15) is 0 Å². The number of nitrogens with one attached hydrogen (secondary N) is 1. The second-order valence-corrected chi connectivity index (χ2v) is 8.37. The van der Waals surface area contributed by atoms with Gasteiger partial charge in [-0.25, -0.2) is 9.59 Å². The zero-order chi connectivity index (χ0) is 20.2. The van der Waals surface area contributed by atoms with Gasteiger partial charge < -0.3 is 19.5 Å². The molecule has 1 atom stereocenters. The van der Waals surface area contributed by atoms with E-state index in [1.807, 2.05) is 39.0 Å². The van der Waals surface area contributed by atoms with Crippen molar-refractivity contribution in [2.45, 2.75) is 71.4 Å². The van der Waals surface area contributed by atoms with Crippen molar-refractivity contribution in [2.24, 2.45) is 0 Å². The van der Waals surface area contributed by atoms with Crippen LogP contribution in [0.2, 0.25) is 0 Å². The molecule has 2 rings (SSSR count). The number of aryl methyl sites for hydroxylation is 1. The van der Waals surface area contributed by atoms with Crippen molar-refractivity contribution in [3.05, 3.63) is 29.3 Å². The van der Waals surface area contributed by atoms with Gasteiger partial charge in [0.15, 0.2) is 6.61 Å². The van der Waals surface area contributed by atoms with Gasteiger partial charge in [-0.15, -0.1) is 0 Å². The maximum atomic E-state index is 12.2. The zero-order valence-electron chi connectivity index (χ0n) is 17.2. The largest absolute Gasteiger partial charge is 0.482 e. The Balaban J connectivity index is 2.13. The molecule has 0 radical (unpaired) electrons. The molecule has 0 saturated heterocycles. The van der Waals surface area contributed by atoms with E-state index in [-0.39, 0.29) is 24.0 Å². The highest BCUT2D eigenvalue weighted by Gasteiger charge is 2.38. The molecule has 150 valence electrons. The minimum Gasteiger partial charge on any atom is -0.482 e. The Morgan fingerprint density at radius 2 is 1.96 bits per heavy atom. The first-order valence-electron chi connectivity index (χ1n) is 9.44. The number of alkyl carbamates (subject to hydrolysis) is 1. The SMILES string of the molecule is CCOC(=O)COc1ccc2c(c1)C(C)(C)C(NC(=O)OC(C)(C)C)CC2. The van der Waals surface area contributed by atoms with Crippen LogP contribution in [0, 0.1) is 0 Å². The predicted octanol–water partition coefficient (Wildman–Crippen LogP) is 3.75. The lowest BCUT2D eigenvalue weighted by molar-refractivity contribution is -0.145. The van der Waals surface area contributed by atoms with Gasteiger partial charge in [0.1, 0.15) is 11.4 Å². The number of ether oxygens (including phenoxy) is 3. The standard InChI is InChI=1S/C21H31NO5/c1-7-25-18(23)13-26-15-10-8-14-9-11-17(21(5,6)16(14)12-15)22-19(24)27-20(2,3)4/h8,10,12,17H,7,9,11,13H2,1-6H3,(H,22,24). The van der Waals surface area contributed by atoms with Crippen LogP contribution in [0.5, 0.6) is 5.75 Å². The second kappa shape index (κ2) is 8.19. The van der Waals surface area contributed by atoms with E-state index < -0.39 is 11.7 Å². The summed E-state index contributed by atoms with van der Waals surface area (Å²) in [6.07, 6.45) is 1.29. The quantitative estimate of drug-likeness (QED) is 0.791. The molecular weight excluding hydrogens is 346 g/mol. The van der Waals surface area contributed by atoms with Crippen LogP contribution in [0.3, 0.4) is 0 Å². The molecule has 0 aliphatic heterocycles. The van der Waals surface area contributed by atoms with Gasteiger partial charge in [0.05, 0.1) is 6.61 Å². The van der Waals surface area contributed by atoms with Crippen LogP contribution < -0.4 is 10.1 Å². The molecule has 27 heavy (non-hydrogen) atoms. The van der Waals surface area contributed by atoms with E-state index in [9.17, 15) is 9.59 Å². The van der Waals surface area contributed by atoms with E-state index in [4.69, 9.17) is 14.2 Å². The summed E-state index contributed by atoms with van der Waals surface area (Å²) in [6.45, 7) is 11.7. The number of hydrogen-bond acceptors (Lipinski definition) is 5. The highest BCUT2D eigenvalue weighted by Crippen LogP contribution is 2.39. The summed E-state index contributed by atoms with van der Waals surface area (Å²) >= 11 is 0. The molecule has 1 aromatic rings. The van der Waals surface area contributed by atoms with Gasteiger partial charge in [-0.05, 0) is 63.8 Å². The molecule has 1 unspecified atom stereocenters. The first kappa shape index (κ1) is 21.1. The number of benzene rings is 1. The molecule has 1 aliphatic rings. The molecule has 0 heterocycles. The van der Waals surface area contributed by atoms with Crippen molar-refractivity contribution in [1.29, 1.82) is 0 Å². The summed E-state index contributed by atoms with van der Waals surface area (Å²) in [5.74, 6) is 0.228. The maximum Gasteiger partial charge on any atom is 0.407 e. The van der Waals surface area contributed by atoms with Crippen LogP contribution in [0.4, 0.5) is 4.79 Å². The van der Waals surface area contributed by atoms with E-state index in [0.717, 1.165) is 18.4 Å². The van der Waals surface area contributed by atoms with E-state index in [0.29, 0.717) is 12.4 Å². The Morgan fingerprint density at radius 1 is 1.26 bits per heavy atom. The fraction of sp³-hybridized carbons (Fsp3) is 0.619. The minimum absolute atomic E-state index is 0.0554. The lowest BCUT2D eigenvalue weighted by Crippen LogP contribution is -2.51. The van der Waals surface area contributed by atoms with Crippen LogP contribution >= 0.6 is 0 Å². The predicted molar refractivity (Wildman–Crippen MR) is 103 cm³/mol. The van der Waals surface area contributed by atoms with Crippen molar-refractivity contribution in [3.8, 4) is 5.75 Å². The Kier molecular flexibility index (Phi) is 6.39. The molecule has 1 aliphatic carbocycles. The Bertz CT molecular complexity index is 690. The highest BCUT2D eigenvalue weighted by atomic mass is 16.6. The number of amides is 1. The number of hydrogen-bond donors (Lipinski definition) is 1. The molecule has 0 saturated carbocycles. The molecule has 1 aromatic carbocycles. The number of rotatable bonds is 5. The third-order valence-electron chi connectivity index (χ3n) is 4.70. The topological polar surface area (TPSA) is 73.9 Å². The van der Waals surface area contributed by atoms with Gasteiger partial charge in [0.25, 0.3) is 0 Å². The monoisotopic (exact) mass is 377 g/mol. The fourth-order valence-electron chi connectivity index (χ4n) is 3.36. The van der Waals surface area contributed by atoms with Crippen molar-refractivity contribution < 1.29 is 23.8 Å². The molecule has 6 heteroatoms. The maximum absolute atomic E-state index is 12.2. The summed E-state index contributed by atoms with van der Waals surface area (Å²) in [5.41, 5.74) is 1.50. The van der Waals surface area contributed by atoms with E-state index in [2.05, 4.69) is 19.2 Å². The van der Waals surface area contributed by atoms with Gasteiger partial charge in [0, 0.05) is 11.5 Å². The Labute approximate surface area is 161 Å². The smallest absolute Gasteiger partial charge is 0.407 e. The van der Waals surface area contributed by atoms with E-state index >= 15 is 0 Å². The lowest BCUT2D eigenvalue weighted by atomic mass is 9.69. The summed E-state index contributed by atoms with van der Waals surface area (Å²) in [4.78, 5) is 23.7. The zero-order valence-corrected chi connectivity index (χ0v) is 17.2. The average Bonchev–Trinajstić information content (AvgIpc) is 2.54. The van der Waals surface area contributed by atoms with Crippen molar-refractivity contribution in [2.75, 3.05) is 13.2 Å². The first-order chi connectivity index (χ1) is 12.5. The van der Waals surface area contributed by atoms with E-state index in [1.54, 1.807) is 6.92 Å². The third-order valence-corrected chi connectivity index (χ3v) is 4.70. The van der Waals surface area contributed by atoms with Crippen molar-refractivity contribution >= 4 is 12.1 Å². The number of carbonyl (C=O) groups excluding carboxylic acids is 2. The van der Waals surface area contributed by atoms with Gasteiger partial charge in [0.2, 0.25) is 0 Å². The number of fused-ring (bicyclic) bond motifs is 1. The molecule has 1 amide bonds. The number of esters is 1. The molecule has 6 nitrogen and oxygen atoms in total. The highest BCUT2D eigenvalue weighted by molar-refractivity contribution is 5.71. The fourth-order valence-corrected chi connectivity index (χ4v) is 3.36. The summed E-state index contributed by atoms with van der Waals surface area (Å²) < 4.78 is 15.9. The lowest BCUT2D eigenvalue weighted by Gasteiger charge is -2.41. The second-order valence-electron chi connectivity index (χ2n) is 8.37. The molecule has 0 spiro atoms. The Hall–Kier alpha value is -2.24. The Morgan fingerprint density at radius 3 is 2.59 bits per heavy atom. The number of carbonyl (C=O) groups is 2. The van der Waals surface area contributed by atoms with Gasteiger partial charge >= 0.3 is 12.1 Å². The van der Waals surface area contributed by atoms with Crippen LogP contribution in [-0.2, 0) is 26.1 Å². The van der Waals surface area contributed by atoms with Gasteiger partial charge in [-0.3, -0.25) is 0 Å². The van der Waals surface area contributed by atoms with E-state index in [1.165, 1.54) is 5.56 Å². The third kappa shape index (κ3) is 5.62. The van der Waals surface area contributed by atoms with Crippen LogP contribution in [0.1, 0.15) is 59.1 Å². The normalized spacial score (nSPS) is 18.2.